The Hall–Kier alpha value is -2.55. The van der Waals surface area contributed by atoms with E-state index in [1.807, 2.05) is 0 Å². The quantitative estimate of drug-likeness (QED) is 0.455. The van der Waals surface area contributed by atoms with Crippen LogP contribution in [0.3, 0.4) is 0 Å². The first-order valence-corrected chi connectivity index (χ1v) is 10.3. The monoisotopic (exact) mass is 428 g/mol. The highest BCUT2D eigenvalue weighted by Crippen LogP contribution is 2.39. The molecule has 0 saturated heterocycles. The molecule has 0 radical (unpaired) electrons. The molecule has 7 nitrogen and oxygen atoms in total. The fourth-order valence-electron chi connectivity index (χ4n) is 3.43. The van der Waals surface area contributed by atoms with Crippen LogP contribution in [0.4, 0.5) is 0 Å². The summed E-state index contributed by atoms with van der Waals surface area (Å²) in [5.74, 6) is -0.171. The molecule has 9 heteroatoms. The van der Waals surface area contributed by atoms with Gasteiger partial charge in [-0.05, 0) is 43.7 Å². The highest BCUT2D eigenvalue weighted by atomic mass is 35.5. The molecule has 5 rings (SSSR count). The number of ether oxygens (including phenoxy) is 2. The van der Waals surface area contributed by atoms with Crippen molar-refractivity contribution in [2.24, 2.45) is 0 Å². The smallest absolute Gasteiger partial charge is 0.336 e. The van der Waals surface area contributed by atoms with Crippen molar-refractivity contribution in [2.75, 3.05) is 6.61 Å². The zero-order valence-electron chi connectivity index (χ0n) is 15.8. The molecule has 0 atom stereocenters. The Labute approximate surface area is 175 Å². The molecular weight excluding hydrogens is 412 g/mol. The molecule has 1 aliphatic heterocycles. The van der Waals surface area contributed by atoms with Gasteiger partial charge >= 0.3 is 6.01 Å². The lowest BCUT2D eigenvalue weighted by Gasteiger charge is -2.30. The van der Waals surface area contributed by atoms with Gasteiger partial charge in [0.2, 0.25) is 0 Å². The third-order valence-electron chi connectivity index (χ3n) is 4.89. The fourth-order valence-corrected chi connectivity index (χ4v) is 4.62. The number of benzene rings is 1. The van der Waals surface area contributed by atoms with E-state index in [4.69, 9.17) is 21.1 Å². The van der Waals surface area contributed by atoms with Gasteiger partial charge < -0.3 is 9.47 Å². The number of nitrogens with zero attached hydrogens (tertiary/aromatic N) is 4. The van der Waals surface area contributed by atoms with E-state index in [0.29, 0.717) is 22.8 Å². The zero-order valence-corrected chi connectivity index (χ0v) is 17.4. The van der Waals surface area contributed by atoms with Gasteiger partial charge in [-0.3, -0.25) is 4.79 Å². The molecule has 4 aromatic rings. The topological polar surface area (TPSA) is 78.6 Å². The molecule has 0 amide bonds. The second-order valence-electron chi connectivity index (χ2n) is 7.53. The molecule has 0 spiro atoms. The number of Topliss-reactive ketones (excluding diaryl/α,β-unsaturated/α-hetero) is 1. The molecule has 0 N–H and O–H groups in total. The van der Waals surface area contributed by atoms with Crippen LogP contribution >= 0.6 is 22.9 Å². The molecule has 0 aliphatic carbocycles. The van der Waals surface area contributed by atoms with Crippen molar-refractivity contribution in [3.63, 3.8) is 0 Å². The average molecular weight is 429 g/mol. The lowest BCUT2D eigenvalue weighted by atomic mass is 9.94. The average Bonchev–Trinajstić information content (AvgIpc) is 3.26. The minimum atomic E-state index is -0.238. The summed E-state index contributed by atoms with van der Waals surface area (Å²) in [7, 11) is 0. The van der Waals surface area contributed by atoms with E-state index >= 15 is 0 Å². The molecular formula is C20H17ClN4O3S. The summed E-state index contributed by atoms with van der Waals surface area (Å²) >= 11 is 7.48. The number of hydrogen-bond donors (Lipinski definition) is 0. The van der Waals surface area contributed by atoms with Gasteiger partial charge in [0.1, 0.15) is 11.2 Å². The van der Waals surface area contributed by atoms with Crippen molar-refractivity contribution in [1.82, 2.24) is 19.6 Å². The van der Waals surface area contributed by atoms with Gasteiger partial charge in [-0.25, -0.2) is 4.98 Å². The Bertz CT molecular complexity index is 1250. The lowest BCUT2D eigenvalue weighted by Crippen LogP contribution is -2.31. The Morgan fingerprint density at radius 3 is 2.93 bits per heavy atom. The summed E-state index contributed by atoms with van der Waals surface area (Å²) in [6.07, 6.45) is 2.40. The third-order valence-corrected chi connectivity index (χ3v) is 6.25. The second kappa shape index (κ2) is 6.76. The van der Waals surface area contributed by atoms with Crippen molar-refractivity contribution in [3.8, 4) is 6.01 Å². The minimum Gasteiger partial charge on any atom is -0.454 e. The number of fused-ring (bicyclic) bond motifs is 5. The molecule has 4 heterocycles. The van der Waals surface area contributed by atoms with Crippen LogP contribution < -0.4 is 4.74 Å². The Morgan fingerprint density at radius 1 is 1.34 bits per heavy atom. The number of carbonyl (C=O) groups is 1. The molecule has 0 unspecified atom stereocenters. The van der Waals surface area contributed by atoms with Crippen LogP contribution in [0.5, 0.6) is 6.01 Å². The van der Waals surface area contributed by atoms with Crippen LogP contribution in [0.25, 0.3) is 15.9 Å². The summed E-state index contributed by atoms with van der Waals surface area (Å²) < 4.78 is 13.1. The van der Waals surface area contributed by atoms with Gasteiger partial charge in [-0.15, -0.1) is 16.4 Å². The molecule has 148 valence electrons. The van der Waals surface area contributed by atoms with E-state index in [1.165, 1.54) is 10.4 Å². The first-order valence-electron chi connectivity index (χ1n) is 9.11. The minimum absolute atomic E-state index is 0.146. The van der Waals surface area contributed by atoms with Crippen molar-refractivity contribution in [2.45, 2.75) is 32.5 Å². The summed E-state index contributed by atoms with van der Waals surface area (Å²) in [4.78, 5) is 23.4. The maximum Gasteiger partial charge on any atom is 0.336 e. The number of aromatic nitrogens is 4. The van der Waals surface area contributed by atoms with Crippen LogP contribution in [0.2, 0.25) is 5.02 Å². The van der Waals surface area contributed by atoms with Crippen molar-refractivity contribution in [3.05, 3.63) is 51.6 Å². The third kappa shape index (κ3) is 3.37. The molecule has 1 aromatic carbocycles. The van der Waals surface area contributed by atoms with Crippen molar-refractivity contribution < 1.29 is 14.3 Å². The van der Waals surface area contributed by atoms with Crippen LogP contribution in [-0.4, -0.2) is 37.6 Å². The maximum atomic E-state index is 12.3. The summed E-state index contributed by atoms with van der Waals surface area (Å²) in [5, 5.41) is 5.89. The second-order valence-corrected chi connectivity index (χ2v) is 9.06. The summed E-state index contributed by atoms with van der Waals surface area (Å²) in [5.41, 5.74) is 2.17. The molecule has 0 bridgehead atoms. The number of thiophene rings is 1. The maximum absolute atomic E-state index is 12.3. The van der Waals surface area contributed by atoms with Crippen LogP contribution in [-0.2, 0) is 17.8 Å². The predicted molar refractivity (Wildman–Crippen MR) is 110 cm³/mol. The fraction of sp³-hybridized carbons (Fsp3) is 0.300. The predicted octanol–water partition coefficient (Wildman–Crippen LogP) is 4.11. The highest BCUT2D eigenvalue weighted by molar-refractivity contribution is 7.19. The lowest BCUT2D eigenvalue weighted by molar-refractivity contribution is -0.0379. The normalized spacial score (nSPS) is 15.6. The zero-order chi connectivity index (χ0) is 20.2. The van der Waals surface area contributed by atoms with Gasteiger partial charge in [-0.2, -0.15) is 9.50 Å². The summed E-state index contributed by atoms with van der Waals surface area (Å²) in [6.45, 7) is 4.57. The Balaban J connectivity index is 1.46. The molecule has 29 heavy (non-hydrogen) atoms. The standard InChI is InChI=1S/C20H17ClN4O3S/c1-20(2)7-13-15(9-28-20)29-18-16(13)17-23-19(24-25(17)10-22-18)27-8-14(26)11-3-5-12(21)6-4-11/h3-6,10H,7-9H2,1-2H3. The van der Waals surface area contributed by atoms with Crippen molar-refractivity contribution >= 4 is 44.6 Å². The van der Waals surface area contributed by atoms with E-state index in [2.05, 4.69) is 28.9 Å². The Kier molecular flexibility index (Phi) is 4.31. The van der Waals surface area contributed by atoms with E-state index in [9.17, 15) is 4.79 Å². The van der Waals surface area contributed by atoms with E-state index in [1.54, 1.807) is 46.4 Å². The van der Waals surface area contributed by atoms with Crippen LogP contribution in [0, 0.1) is 0 Å². The molecule has 3 aromatic heterocycles. The van der Waals surface area contributed by atoms with Gasteiger partial charge in [-0.1, -0.05) is 11.6 Å². The van der Waals surface area contributed by atoms with E-state index in [0.717, 1.165) is 16.6 Å². The number of rotatable bonds is 4. The number of carbonyl (C=O) groups excluding carboxylic acids is 1. The number of ketones is 1. The molecule has 0 fully saturated rings. The molecule has 1 aliphatic rings. The van der Waals surface area contributed by atoms with Crippen molar-refractivity contribution in [1.29, 1.82) is 0 Å². The van der Waals surface area contributed by atoms with Crippen LogP contribution in [0.1, 0.15) is 34.6 Å². The Morgan fingerprint density at radius 2 is 2.14 bits per heavy atom. The largest absolute Gasteiger partial charge is 0.454 e. The summed E-state index contributed by atoms with van der Waals surface area (Å²) in [6, 6.07) is 6.82. The van der Waals surface area contributed by atoms with Crippen LogP contribution in [0.15, 0.2) is 30.6 Å². The molecule has 0 saturated carbocycles. The first kappa shape index (κ1) is 18.5. The SMILES string of the molecule is CC1(C)Cc2c(sc3ncn4nc(OCC(=O)c5ccc(Cl)cc5)nc4c23)CO1. The van der Waals surface area contributed by atoms with Gasteiger partial charge in [0.15, 0.2) is 18.0 Å². The van der Waals surface area contributed by atoms with E-state index < -0.39 is 0 Å². The highest BCUT2D eigenvalue weighted by Gasteiger charge is 2.30. The van der Waals surface area contributed by atoms with Gasteiger partial charge in [0.25, 0.3) is 0 Å². The first-order chi connectivity index (χ1) is 13.9. The number of hydrogen-bond acceptors (Lipinski definition) is 7. The number of halogens is 1. The van der Waals surface area contributed by atoms with E-state index in [-0.39, 0.29) is 24.0 Å². The van der Waals surface area contributed by atoms with Gasteiger partial charge in [0, 0.05) is 21.9 Å². The van der Waals surface area contributed by atoms with Gasteiger partial charge in [0.05, 0.1) is 17.6 Å².